The molecule has 2 atom stereocenters. The number of methoxy groups -OCH3 is 2. The minimum atomic E-state index is -0.0106. The van der Waals surface area contributed by atoms with Gasteiger partial charge in [0.2, 0.25) is 0 Å². The van der Waals surface area contributed by atoms with Crippen LogP contribution in [0.25, 0.3) is 0 Å². The summed E-state index contributed by atoms with van der Waals surface area (Å²) in [6, 6.07) is 5.21. The zero-order valence-electron chi connectivity index (χ0n) is 12.1. The van der Waals surface area contributed by atoms with Crippen molar-refractivity contribution in [2.45, 2.75) is 18.7 Å². The molecule has 0 saturated carbocycles. The first-order chi connectivity index (χ1) is 9.56. The SMILES string of the molecule is COc1ccc(C(=O)N2CCC(C)C(Cl)C2)cc1OC. The van der Waals surface area contributed by atoms with E-state index >= 15 is 0 Å². The molecule has 1 aromatic carbocycles. The van der Waals surface area contributed by atoms with Crippen LogP contribution in [0.15, 0.2) is 18.2 Å². The number of alkyl halides is 1. The molecule has 0 bridgehead atoms. The van der Waals surface area contributed by atoms with Gasteiger partial charge in [0.15, 0.2) is 11.5 Å². The Morgan fingerprint density at radius 3 is 2.60 bits per heavy atom. The van der Waals surface area contributed by atoms with Crippen LogP contribution in [0, 0.1) is 5.92 Å². The van der Waals surface area contributed by atoms with Crippen LogP contribution in [0.1, 0.15) is 23.7 Å². The van der Waals surface area contributed by atoms with Crippen molar-refractivity contribution in [2.24, 2.45) is 5.92 Å². The highest BCUT2D eigenvalue weighted by Gasteiger charge is 2.28. The van der Waals surface area contributed by atoms with Crippen LogP contribution in [-0.4, -0.2) is 43.5 Å². The summed E-state index contributed by atoms with van der Waals surface area (Å²) in [7, 11) is 3.13. The fourth-order valence-corrected chi connectivity index (χ4v) is 2.65. The first-order valence-electron chi connectivity index (χ1n) is 6.72. The maximum absolute atomic E-state index is 12.5. The molecule has 2 rings (SSSR count). The van der Waals surface area contributed by atoms with Crippen LogP contribution in [0.5, 0.6) is 11.5 Å². The van der Waals surface area contributed by atoms with E-state index in [1.165, 1.54) is 0 Å². The molecule has 0 spiro atoms. The molecule has 1 amide bonds. The maximum atomic E-state index is 12.5. The number of benzene rings is 1. The van der Waals surface area contributed by atoms with Crippen LogP contribution in [0.2, 0.25) is 0 Å². The number of amides is 1. The van der Waals surface area contributed by atoms with E-state index in [-0.39, 0.29) is 11.3 Å². The van der Waals surface area contributed by atoms with Crippen LogP contribution in [0.3, 0.4) is 0 Å². The summed E-state index contributed by atoms with van der Waals surface area (Å²) < 4.78 is 10.4. The van der Waals surface area contributed by atoms with Gasteiger partial charge in [0.25, 0.3) is 5.91 Å². The first-order valence-corrected chi connectivity index (χ1v) is 7.15. The number of hydrogen-bond acceptors (Lipinski definition) is 3. The van der Waals surface area contributed by atoms with Crippen molar-refractivity contribution >= 4 is 17.5 Å². The number of piperidine rings is 1. The van der Waals surface area contributed by atoms with Gasteiger partial charge in [0.1, 0.15) is 0 Å². The Hall–Kier alpha value is -1.42. The molecule has 4 nitrogen and oxygen atoms in total. The van der Waals surface area contributed by atoms with Gasteiger partial charge >= 0.3 is 0 Å². The van der Waals surface area contributed by atoms with E-state index < -0.39 is 0 Å². The van der Waals surface area contributed by atoms with E-state index in [0.29, 0.717) is 29.5 Å². The van der Waals surface area contributed by atoms with Crippen molar-refractivity contribution in [3.05, 3.63) is 23.8 Å². The first kappa shape index (κ1) is 15.0. The molecule has 1 saturated heterocycles. The molecule has 20 heavy (non-hydrogen) atoms. The molecule has 1 aliphatic rings. The monoisotopic (exact) mass is 297 g/mol. The molecule has 0 N–H and O–H groups in total. The van der Waals surface area contributed by atoms with Crippen LogP contribution < -0.4 is 9.47 Å². The van der Waals surface area contributed by atoms with Crippen LogP contribution >= 0.6 is 11.6 Å². The van der Waals surface area contributed by atoms with Crippen molar-refractivity contribution < 1.29 is 14.3 Å². The minimum absolute atomic E-state index is 0.0106. The average molecular weight is 298 g/mol. The van der Waals surface area contributed by atoms with E-state index in [1.54, 1.807) is 37.3 Å². The highest BCUT2D eigenvalue weighted by Crippen LogP contribution is 2.29. The van der Waals surface area contributed by atoms with Gasteiger partial charge in [-0.15, -0.1) is 11.6 Å². The highest BCUT2D eigenvalue weighted by atomic mass is 35.5. The van der Waals surface area contributed by atoms with Gasteiger partial charge in [-0.1, -0.05) is 6.92 Å². The lowest BCUT2D eigenvalue weighted by Crippen LogP contribution is -2.43. The van der Waals surface area contributed by atoms with Gasteiger partial charge < -0.3 is 14.4 Å². The number of rotatable bonds is 3. The van der Waals surface area contributed by atoms with Crippen LogP contribution in [-0.2, 0) is 0 Å². The summed E-state index contributed by atoms with van der Waals surface area (Å²) in [5.74, 6) is 1.62. The van der Waals surface area contributed by atoms with Gasteiger partial charge in [-0.05, 0) is 30.5 Å². The topological polar surface area (TPSA) is 38.8 Å². The van der Waals surface area contributed by atoms with Crippen molar-refractivity contribution in [3.63, 3.8) is 0 Å². The second kappa shape index (κ2) is 6.35. The number of ether oxygens (including phenoxy) is 2. The number of carbonyl (C=O) groups excluding carboxylic acids is 1. The minimum Gasteiger partial charge on any atom is -0.493 e. The Kier molecular flexibility index (Phi) is 4.76. The summed E-state index contributed by atoms with van der Waals surface area (Å²) >= 11 is 6.26. The van der Waals surface area contributed by atoms with Crippen molar-refractivity contribution in [1.82, 2.24) is 4.90 Å². The summed E-state index contributed by atoms with van der Waals surface area (Å²) in [6.07, 6.45) is 0.938. The zero-order chi connectivity index (χ0) is 14.7. The highest BCUT2D eigenvalue weighted by molar-refractivity contribution is 6.21. The molecule has 5 heteroatoms. The average Bonchev–Trinajstić information content (AvgIpc) is 2.48. The third-order valence-corrected chi connectivity index (χ3v) is 4.35. The third kappa shape index (κ3) is 3.01. The Morgan fingerprint density at radius 1 is 1.30 bits per heavy atom. The van der Waals surface area contributed by atoms with Gasteiger partial charge in [-0.25, -0.2) is 0 Å². The maximum Gasteiger partial charge on any atom is 0.254 e. The van der Waals surface area contributed by atoms with Gasteiger partial charge in [0, 0.05) is 18.7 Å². The zero-order valence-corrected chi connectivity index (χ0v) is 12.8. The largest absolute Gasteiger partial charge is 0.493 e. The molecule has 0 aromatic heterocycles. The number of hydrogen-bond donors (Lipinski definition) is 0. The lowest BCUT2D eigenvalue weighted by atomic mass is 9.98. The van der Waals surface area contributed by atoms with E-state index in [0.717, 1.165) is 13.0 Å². The third-order valence-electron chi connectivity index (χ3n) is 3.78. The smallest absolute Gasteiger partial charge is 0.254 e. The van der Waals surface area contributed by atoms with E-state index in [1.807, 2.05) is 0 Å². The Morgan fingerprint density at radius 2 is 2.00 bits per heavy atom. The number of likely N-dealkylation sites (tertiary alicyclic amines) is 1. The molecule has 1 heterocycles. The van der Waals surface area contributed by atoms with Crippen molar-refractivity contribution in [3.8, 4) is 11.5 Å². The summed E-state index contributed by atoms with van der Waals surface area (Å²) in [6.45, 7) is 3.46. The van der Waals surface area contributed by atoms with Crippen LogP contribution in [0.4, 0.5) is 0 Å². The van der Waals surface area contributed by atoms with E-state index in [9.17, 15) is 4.79 Å². The normalized spacial score (nSPS) is 22.5. The molecule has 0 aliphatic carbocycles. The lowest BCUT2D eigenvalue weighted by molar-refractivity contribution is 0.0701. The molecule has 1 aliphatic heterocycles. The summed E-state index contributed by atoms with van der Waals surface area (Å²) in [4.78, 5) is 14.3. The van der Waals surface area contributed by atoms with Crippen molar-refractivity contribution in [2.75, 3.05) is 27.3 Å². The predicted molar refractivity (Wildman–Crippen MR) is 78.9 cm³/mol. The predicted octanol–water partition coefficient (Wildman–Crippen LogP) is 2.79. The fourth-order valence-electron chi connectivity index (χ4n) is 2.36. The van der Waals surface area contributed by atoms with Crippen molar-refractivity contribution in [1.29, 1.82) is 0 Å². The molecule has 1 aromatic rings. The quantitative estimate of drug-likeness (QED) is 0.805. The Labute approximate surface area is 124 Å². The molecular weight excluding hydrogens is 278 g/mol. The standard InChI is InChI=1S/C15H20ClNO3/c1-10-6-7-17(9-12(10)16)15(18)11-4-5-13(19-2)14(8-11)20-3/h4-5,8,10,12H,6-7,9H2,1-3H3. The summed E-state index contributed by atoms with van der Waals surface area (Å²) in [5.41, 5.74) is 0.598. The second-order valence-electron chi connectivity index (χ2n) is 5.10. The number of halogens is 1. The van der Waals surface area contributed by atoms with Gasteiger partial charge in [-0.2, -0.15) is 0 Å². The second-order valence-corrected chi connectivity index (χ2v) is 5.66. The molecule has 110 valence electrons. The molecule has 0 radical (unpaired) electrons. The molecule has 2 unspecified atom stereocenters. The Balaban J connectivity index is 2.17. The number of nitrogens with zero attached hydrogens (tertiary/aromatic N) is 1. The lowest BCUT2D eigenvalue weighted by Gasteiger charge is -2.34. The van der Waals surface area contributed by atoms with Gasteiger partial charge in [-0.3, -0.25) is 4.79 Å². The fraction of sp³-hybridized carbons (Fsp3) is 0.533. The Bertz CT molecular complexity index is 492. The molecular formula is C15H20ClNO3. The molecule has 1 fully saturated rings. The van der Waals surface area contributed by atoms with Gasteiger partial charge in [0.05, 0.1) is 19.6 Å². The summed E-state index contributed by atoms with van der Waals surface area (Å²) in [5, 5.41) is 0.0212. The van der Waals surface area contributed by atoms with E-state index in [4.69, 9.17) is 21.1 Å². The number of carbonyl (C=O) groups is 1. The van der Waals surface area contributed by atoms with E-state index in [2.05, 4.69) is 6.92 Å².